The van der Waals surface area contributed by atoms with Crippen LogP contribution in [0.4, 0.5) is 0 Å². The van der Waals surface area contributed by atoms with Gasteiger partial charge in [0.05, 0.1) is 7.11 Å². The van der Waals surface area contributed by atoms with Gasteiger partial charge in [-0.25, -0.2) is 4.79 Å². The predicted molar refractivity (Wildman–Crippen MR) is 99.1 cm³/mol. The lowest BCUT2D eigenvalue weighted by Gasteiger charge is -2.24. The summed E-state index contributed by atoms with van der Waals surface area (Å²) in [6, 6.07) is 13.6. The minimum atomic E-state index is -1.11. The topological polar surface area (TPSA) is 65.0 Å². The molecule has 2 rings (SSSR count). The highest BCUT2D eigenvalue weighted by Crippen LogP contribution is 2.30. The monoisotopic (exact) mass is 358 g/mol. The van der Waals surface area contributed by atoms with Crippen LogP contribution in [0.25, 0.3) is 0 Å². The molecule has 0 aliphatic carbocycles. The van der Waals surface area contributed by atoms with E-state index in [1.165, 1.54) is 7.11 Å². The Hall–Kier alpha value is -2.37. The lowest BCUT2D eigenvalue weighted by atomic mass is 9.94. The third kappa shape index (κ3) is 4.84. The summed E-state index contributed by atoms with van der Waals surface area (Å²) in [5.41, 5.74) is 3.39. The average Bonchev–Trinajstić information content (AvgIpc) is 2.64. The number of aliphatic hydroxyl groups excluding tert-OH is 1. The number of esters is 1. The molecule has 2 unspecified atom stereocenters. The van der Waals surface area contributed by atoms with E-state index in [0.717, 1.165) is 16.7 Å². The molecule has 0 bridgehead atoms. The van der Waals surface area contributed by atoms with Crippen LogP contribution in [0.5, 0.6) is 5.75 Å². The Morgan fingerprint density at radius 3 is 2.27 bits per heavy atom. The van der Waals surface area contributed by atoms with Gasteiger partial charge in [0.25, 0.3) is 0 Å². The first-order chi connectivity index (χ1) is 12.5. The average molecular weight is 358 g/mol. The van der Waals surface area contributed by atoms with Crippen LogP contribution in [0.2, 0.25) is 0 Å². The molecule has 26 heavy (non-hydrogen) atoms. The van der Waals surface area contributed by atoms with Gasteiger partial charge >= 0.3 is 5.97 Å². The van der Waals surface area contributed by atoms with Crippen LogP contribution in [-0.4, -0.2) is 30.9 Å². The number of hydrogen-bond acceptors (Lipinski definition) is 5. The molecule has 0 radical (unpaired) electrons. The number of carbonyl (C=O) groups excluding carboxylic acids is 1. The number of aliphatic hydroxyl groups is 1. The van der Waals surface area contributed by atoms with Gasteiger partial charge in [-0.3, -0.25) is 0 Å². The number of carbonyl (C=O) groups is 1. The summed E-state index contributed by atoms with van der Waals surface area (Å²) in [5.74, 6) is 0.119. The first-order valence-corrected chi connectivity index (χ1v) is 8.63. The first kappa shape index (κ1) is 19.9. The van der Waals surface area contributed by atoms with Gasteiger partial charge in [0, 0.05) is 6.61 Å². The lowest BCUT2D eigenvalue weighted by molar-refractivity contribution is -0.162. The summed E-state index contributed by atoms with van der Waals surface area (Å²) in [6.07, 6.45) is -2.16. The number of ether oxygens (including phenoxy) is 3. The molecule has 2 atom stereocenters. The number of methoxy groups -OCH3 is 1. The van der Waals surface area contributed by atoms with E-state index in [2.05, 4.69) is 0 Å². The third-order valence-electron chi connectivity index (χ3n) is 4.18. The summed E-state index contributed by atoms with van der Waals surface area (Å²) in [4.78, 5) is 11.9. The third-order valence-corrected chi connectivity index (χ3v) is 4.18. The highest BCUT2D eigenvalue weighted by Gasteiger charge is 2.31. The molecule has 0 aromatic heterocycles. The second kappa shape index (κ2) is 9.36. The molecule has 0 saturated heterocycles. The number of aryl methyl sites for hydroxylation is 2. The van der Waals surface area contributed by atoms with Crippen molar-refractivity contribution in [1.82, 2.24) is 0 Å². The van der Waals surface area contributed by atoms with Crippen LogP contribution in [0.1, 0.15) is 35.3 Å². The van der Waals surface area contributed by atoms with Crippen molar-refractivity contribution in [2.45, 2.75) is 39.6 Å². The molecular formula is C21H26O5. The number of rotatable bonds is 8. The summed E-state index contributed by atoms with van der Waals surface area (Å²) >= 11 is 0. The Bertz CT molecular complexity index is 703. The van der Waals surface area contributed by atoms with Crippen molar-refractivity contribution in [2.75, 3.05) is 13.7 Å². The van der Waals surface area contributed by atoms with E-state index >= 15 is 0 Å². The van der Waals surface area contributed by atoms with Gasteiger partial charge < -0.3 is 19.3 Å². The largest absolute Gasteiger partial charge is 0.489 e. The highest BCUT2D eigenvalue weighted by molar-refractivity contribution is 5.76. The fraction of sp³-hybridized carbons (Fsp3) is 0.381. The van der Waals surface area contributed by atoms with Gasteiger partial charge in [0.2, 0.25) is 0 Å². The molecular weight excluding hydrogens is 332 g/mol. The van der Waals surface area contributed by atoms with Crippen molar-refractivity contribution >= 4 is 5.97 Å². The second-order valence-electron chi connectivity index (χ2n) is 6.09. The fourth-order valence-electron chi connectivity index (χ4n) is 2.96. The molecule has 0 saturated carbocycles. The number of hydrogen-bond donors (Lipinski definition) is 1. The van der Waals surface area contributed by atoms with Crippen molar-refractivity contribution in [3.63, 3.8) is 0 Å². The van der Waals surface area contributed by atoms with E-state index in [1.54, 1.807) is 6.92 Å². The maximum Gasteiger partial charge on any atom is 0.338 e. The van der Waals surface area contributed by atoms with E-state index in [-0.39, 0.29) is 0 Å². The van der Waals surface area contributed by atoms with Crippen LogP contribution >= 0.6 is 0 Å². The zero-order valence-electron chi connectivity index (χ0n) is 15.7. The van der Waals surface area contributed by atoms with Crippen LogP contribution in [0.15, 0.2) is 42.5 Å². The summed E-state index contributed by atoms with van der Waals surface area (Å²) in [6.45, 7) is 6.28. The molecule has 140 valence electrons. The van der Waals surface area contributed by atoms with E-state index < -0.39 is 18.2 Å². The fourth-order valence-corrected chi connectivity index (χ4v) is 2.96. The quantitative estimate of drug-likeness (QED) is 0.732. The van der Waals surface area contributed by atoms with E-state index in [1.807, 2.05) is 56.3 Å². The Labute approximate surface area is 154 Å². The maximum atomic E-state index is 11.9. The SMILES string of the molecule is CCOC(C(=O)OC)C(O)c1c(C)cc(OCc2ccccc2)cc1C. The zero-order valence-corrected chi connectivity index (χ0v) is 15.7. The summed E-state index contributed by atoms with van der Waals surface area (Å²) < 4.78 is 16.0. The molecule has 5 heteroatoms. The molecule has 2 aromatic carbocycles. The molecule has 5 nitrogen and oxygen atoms in total. The van der Waals surface area contributed by atoms with Gasteiger partial charge in [-0.15, -0.1) is 0 Å². The van der Waals surface area contributed by atoms with Crippen LogP contribution < -0.4 is 4.74 Å². The second-order valence-corrected chi connectivity index (χ2v) is 6.09. The van der Waals surface area contributed by atoms with Gasteiger partial charge in [0.1, 0.15) is 18.5 Å². The molecule has 0 aliphatic heterocycles. The first-order valence-electron chi connectivity index (χ1n) is 8.63. The summed E-state index contributed by atoms with van der Waals surface area (Å²) in [7, 11) is 1.28. The Morgan fingerprint density at radius 2 is 1.73 bits per heavy atom. The Balaban J connectivity index is 2.21. The van der Waals surface area contributed by atoms with E-state index in [9.17, 15) is 9.90 Å². The maximum absolute atomic E-state index is 11.9. The van der Waals surface area contributed by atoms with Gasteiger partial charge in [0.15, 0.2) is 6.10 Å². The summed E-state index contributed by atoms with van der Waals surface area (Å²) in [5, 5.41) is 10.7. The molecule has 1 N–H and O–H groups in total. The van der Waals surface area contributed by atoms with Gasteiger partial charge in [-0.2, -0.15) is 0 Å². The van der Waals surface area contributed by atoms with Crippen molar-refractivity contribution in [3.05, 3.63) is 64.7 Å². The van der Waals surface area contributed by atoms with Crippen molar-refractivity contribution in [1.29, 1.82) is 0 Å². The zero-order chi connectivity index (χ0) is 19.1. The van der Waals surface area contributed by atoms with Crippen LogP contribution in [-0.2, 0) is 20.9 Å². The predicted octanol–water partition coefficient (Wildman–Crippen LogP) is 3.49. The normalized spacial score (nSPS) is 13.1. The van der Waals surface area contributed by atoms with Crippen molar-refractivity contribution in [3.8, 4) is 5.75 Å². The van der Waals surface area contributed by atoms with Crippen molar-refractivity contribution < 1.29 is 24.1 Å². The Kier molecular flexibility index (Phi) is 7.18. The van der Waals surface area contributed by atoms with Gasteiger partial charge in [-0.05, 0) is 55.2 Å². The molecule has 0 heterocycles. The van der Waals surface area contributed by atoms with Gasteiger partial charge in [-0.1, -0.05) is 30.3 Å². The molecule has 0 amide bonds. The minimum Gasteiger partial charge on any atom is -0.489 e. The highest BCUT2D eigenvalue weighted by atomic mass is 16.6. The van der Waals surface area contributed by atoms with Crippen molar-refractivity contribution in [2.24, 2.45) is 0 Å². The van der Waals surface area contributed by atoms with Crippen LogP contribution in [0.3, 0.4) is 0 Å². The molecule has 2 aromatic rings. The number of benzene rings is 2. The van der Waals surface area contributed by atoms with E-state index in [4.69, 9.17) is 14.2 Å². The Morgan fingerprint density at radius 1 is 1.12 bits per heavy atom. The smallest absolute Gasteiger partial charge is 0.338 e. The van der Waals surface area contributed by atoms with Crippen LogP contribution in [0, 0.1) is 13.8 Å². The standard InChI is InChI=1S/C21H26O5/c1-5-25-20(21(23)24-4)19(22)18-14(2)11-17(12-15(18)3)26-13-16-9-7-6-8-10-16/h6-12,19-20,22H,5,13H2,1-4H3. The lowest BCUT2D eigenvalue weighted by Crippen LogP contribution is -2.33. The molecule has 0 fully saturated rings. The van der Waals surface area contributed by atoms with E-state index in [0.29, 0.717) is 24.5 Å². The molecule has 0 aliphatic rings. The molecule has 0 spiro atoms. The minimum absolute atomic E-state index is 0.299.